The van der Waals surface area contributed by atoms with Crippen LogP contribution < -0.4 is 10.6 Å². The van der Waals surface area contributed by atoms with Crippen LogP contribution in [-0.4, -0.2) is 16.8 Å². The van der Waals surface area contributed by atoms with E-state index in [-0.39, 0.29) is 18.2 Å². The summed E-state index contributed by atoms with van der Waals surface area (Å²) in [6.45, 7) is 0.383. The lowest BCUT2D eigenvalue weighted by Gasteiger charge is -2.07. The van der Waals surface area contributed by atoms with E-state index in [1.165, 1.54) is 0 Å². The lowest BCUT2D eigenvalue weighted by molar-refractivity contribution is -0.115. The molecule has 1 aromatic carbocycles. The third kappa shape index (κ3) is 4.42. The number of nitrogens with one attached hydrogen (secondary N) is 2. The highest BCUT2D eigenvalue weighted by atomic mass is 16.2. The van der Waals surface area contributed by atoms with Crippen LogP contribution in [-0.2, 0) is 11.3 Å². The molecule has 0 aliphatic carbocycles. The standard InChI is InChI=1S/C16H14N4O2/c17-8-5-15(21)20-14-3-1-12(2-4-14)11-19-16(22)13-6-9-18-10-7-13/h1-4,6-7,9-10H,5,11H2,(H,19,22)(H,20,21). The molecule has 6 heteroatoms. The van der Waals surface area contributed by atoms with E-state index in [0.29, 0.717) is 17.8 Å². The molecule has 0 atom stereocenters. The Bertz CT molecular complexity index is 690. The molecule has 0 spiro atoms. The summed E-state index contributed by atoms with van der Waals surface area (Å²) >= 11 is 0. The second-order valence-electron chi connectivity index (χ2n) is 4.50. The number of hydrogen-bond acceptors (Lipinski definition) is 4. The van der Waals surface area contributed by atoms with Gasteiger partial charge in [0, 0.05) is 30.2 Å². The highest BCUT2D eigenvalue weighted by Gasteiger charge is 2.05. The van der Waals surface area contributed by atoms with Crippen LogP contribution in [0.3, 0.4) is 0 Å². The molecule has 2 aromatic rings. The van der Waals surface area contributed by atoms with Gasteiger partial charge >= 0.3 is 0 Å². The summed E-state index contributed by atoms with van der Waals surface area (Å²) in [6, 6.07) is 12.1. The summed E-state index contributed by atoms with van der Waals surface area (Å²) in [5.41, 5.74) is 2.07. The fraction of sp³-hybridized carbons (Fsp3) is 0.125. The molecule has 0 unspecified atom stereocenters. The maximum Gasteiger partial charge on any atom is 0.251 e. The minimum atomic E-state index is -0.346. The van der Waals surface area contributed by atoms with Crippen molar-refractivity contribution in [3.63, 3.8) is 0 Å². The van der Waals surface area contributed by atoms with Crippen molar-refractivity contribution < 1.29 is 9.59 Å². The minimum absolute atomic E-state index is 0.172. The van der Waals surface area contributed by atoms with Crippen molar-refractivity contribution in [1.82, 2.24) is 10.3 Å². The van der Waals surface area contributed by atoms with Crippen molar-refractivity contribution in [1.29, 1.82) is 5.26 Å². The van der Waals surface area contributed by atoms with Gasteiger partial charge in [-0.15, -0.1) is 0 Å². The van der Waals surface area contributed by atoms with E-state index in [1.807, 2.05) is 0 Å². The minimum Gasteiger partial charge on any atom is -0.348 e. The lowest BCUT2D eigenvalue weighted by Crippen LogP contribution is -2.22. The maximum absolute atomic E-state index is 11.9. The second kappa shape index (κ2) is 7.55. The van der Waals surface area contributed by atoms with Crippen molar-refractivity contribution in [3.05, 3.63) is 59.9 Å². The topological polar surface area (TPSA) is 94.9 Å². The number of benzene rings is 1. The Balaban J connectivity index is 1.88. The molecule has 0 saturated heterocycles. The molecule has 110 valence electrons. The number of aromatic nitrogens is 1. The largest absolute Gasteiger partial charge is 0.348 e. The molecule has 0 saturated carbocycles. The van der Waals surface area contributed by atoms with Gasteiger partial charge in [-0.1, -0.05) is 12.1 Å². The van der Waals surface area contributed by atoms with Crippen molar-refractivity contribution in [3.8, 4) is 6.07 Å². The molecule has 0 aliphatic rings. The number of hydrogen-bond donors (Lipinski definition) is 2. The molecule has 0 radical (unpaired) electrons. The summed E-state index contributed by atoms with van der Waals surface area (Å²) in [6.07, 6.45) is 2.95. The van der Waals surface area contributed by atoms with E-state index in [2.05, 4.69) is 15.6 Å². The van der Waals surface area contributed by atoms with Crippen molar-refractivity contribution >= 4 is 17.5 Å². The maximum atomic E-state index is 11.9. The van der Waals surface area contributed by atoms with Gasteiger partial charge in [-0.2, -0.15) is 5.26 Å². The van der Waals surface area contributed by atoms with Crippen LogP contribution in [0.25, 0.3) is 0 Å². The van der Waals surface area contributed by atoms with Crippen LogP contribution in [0.1, 0.15) is 22.3 Å². The van der Waals surface area contributed by atoms with Gasteiger partial charge in [-0.25, -0.2) is 0 Å². The van der Waals surface area contributed by atoms with Crippen molar-refractivity contribution in [2.45, 2.75) is 13.0 Å². The molecule has 1 aromatic heterocycles. The molecule has 2 rings (SSSR count). The lowest BCUT2D eigenvalue weighted by atomic mass is 10.2. The van der Waals surface area contributed by atoms with E-state index in [9.17, 15) is 9.59 Å². The highest BCUT2D eigenvalue weighted by molar-refractivity contribution is 5.94. The van der Waals surface area contributed by atoms with Gasteiger partial charge in [-0.05, 0) is 29.8 Å². The number of carbonyl (C=O) groups is 2. The zero-order valence-corrected chi connectivity index (χ0v) is 11.7. The summed E-state index contributed by atoms with van der Waals surface area (Å²) < 4.78 is 0. The van der Waals surface area contributed by atoms with Crippen molar-refractivity contribution in [2.75, 3.05) is 5.32 Å². The molecular weight excluding hydrogens is 280 g/mol. The number of carbonyl (C=O) groups excluding carboxylic acids is 2. The number of rotatable bonds is 5. The average Bonchev–Trinajstić information content (AvgIpc) is 2.55. The summed E-state index contributed by atoms with van der Waals surface area (Å²) in [7, 11) is 0. The van der Waals surface area contributed by atoms with Gasteiger partial charge in [-0.3, -0.25) is 14.6 Å². The van der Waals surface area contributed by atoms with E-state index >= 15 is 0 Å². The molecule has 6 nitrogen and oxygen atoms in total. The molecule has 2 amide bonds. The molecule has 0 bridgehead atoms. The Kier molecular flexibility index (Phi) is 5.21. The molecule has 22 heavy (non-hydrogen) atoms. The first kappa shape index (κ1) is 15.2. The molecule has 0 aliphatic heterocycles. The van der Waals surface area contributed by atoms with Crippen LogP contribution in [0.4, 0.5) is 5.69 Å². The fourth-order valence-electron chi connectivity index (χ4n) is 1.77. The fourth-order valence-corrected chi connectivity index (χ4v) is 1.77. The van der Waals surface area contributed by atoms with Gasteiger partial charge in [0.15, 0.2) is 0 Å². The molecule has 1 heterocycles. The van der Waals surface area contributed by atoms with Gasteiger partial charge < -0.3 is 10.6 Å². The van der Waals surface area contributed by atoms with Crippen LogP contribution in [0.5, 0.6) is 0 Å². The van der Waals surface area contributed by atoms with Gasteiger partial charge in [0.05, 0.1) is 6.07 Å². The SMILES string of the molecule is N#CCC(=O)Nc1ccc(CNC(=O)c2ccncc2)cc1. The Labute approximate surface area is 127 Å². The summed E-state index contributed by atoms with van der Waals surface area (Å²) in [5, 5.41) is 13.8. The van der Waals surface area contributed by atoms with E-state index < -0.39 is 0 Å². The molecule has 2 N–H and O–H groups in total. The first-order valence-corrected chi connectivity index (χ1v) is 6.63. The molecule has 0 fully saturated rings. The normalized spacial score (nSPS) is 9.59. The van der Waals surface area contributed by atoms with Crippen LogP contribution in [0.2, 0.25) is 0 Å². The number of pyridine rings is 1. The van der Waals surface area contributed by atoms with Gasteiger partial charge in [0.1, 0.15) is 6.42 Å². The Morgan fingerprint density at radius 3 is 2.41 bits per heavy atom. The number of nitriles is 1. The van der Waals surface area contributed by atoms with E-state index in [4.69, 9.17) is 5.26 Å². The van der Waals surface area contributed by atoms with Crippen LogP contribution in [0.15, 0.2) is 48.8 Å². The predicted molar refractivity (Wildman–Crippen MR) is 80.7 cm³/mol. The first-order valence-electron chi connectivity index (χ1n) is 6.63. The van der Waals surface area contributed by atoms with Crippen molar-refractivity contribution in [2.24, 2.45) is 0 Å². The monoisotopic (exact) mass is 294 g/mol. The third-order valence-corrected chi connectivity index (χ3v) is 2.87. The zero-order chi connectivity index (χ0) is 15.8. The van der Waals surface area contributed by atoms with Crippen LogP contribution >= 0.6 is 0 Å². The zero-order valence-electron chi connectivity index (χ0n) is 11.7. The predicted octanol–water partition coefficient (Wildman–Crippen LogP) is 1.86. The number of anilines is 1. The second-order valence-corrected chi connectivity index (χ2v) is 4.50. The number of nitrogens with zero attached hydrogens (tertiary/aromatic N) is 2. The number of amides is 2. The van der Waals surface area contributed by atoms with Gasteiger partial charge in [0.25, 0.3) is 5.91 Å². The Hall–Kier alpha value is -3.20. The van der Waals surface area contributed by atoms with E-state index in [1.54, 1.807) is 54.9 Å². The quantitative estimate of drug-likeness (QED) is 0.880. The first-order chi connectivity index (χ1) is 10.7. The molecular formula is C16H14N4O2. The highest BCUT2D eigenvalue weighted by Crippen LogP contribution is 2.10. The Morgan fingerprint density at radius 1 is 1.09 bits per heavy atom. The third-order valence-electron chi connectivity index (χ3n) is 2.87. The Morgan fingerprint density at radius 2 is 1.77 bits per heavy atom. The average molecular weight is 294 g/mol. The van der Waals surface area contributed by atoms with Crippen LogP contribution in [0, 0.1) is 11.3 Å². The summed E-state index contributed by atoms with van der Waals surface area (Å²) in [4.78, 5) is 27.0. The smallest absolute Gasteiger partial charge is 0.251 e. The summed E-state index contributed by atoms with van der Waals surface area (Å²) in [5.74, 6) is -0.518. The van der Waals surface area contributed by atoms with E-state index in [0.717, 1.165) is 5.56 Å². The van der Waals surface area contributed by atoms with Gasteiger partial charge in [0.2, 0.25) is 5.91 Å².